The summed E-state index contributed by atoms with van der Waals surface area (Å²) in [4.78, 5) is 19.2. The molecule has 1 aliphatic rings. The van der Waals surface area contributed by atoms with Gasteiger partial charge in [0.2, 0.25) is 5.91 Å². The van der Waals surface area contributed by atoms with Crippen molar-refractivity contribution in [3.05, 3.63) is 59.4 Å². The Morgan fingerprint density at radius 3 is 2.55 bits per heavy atom. The van der Waals surface area contributed by atoms with Gasteiger partial charge >= 0.3 is 0 Å². The van der Waals surface area contributed by atoms with Crippen LogP contribution in [0.15, 0.2) is 36.7 Å². The van der Waals surface area contributed by atoms with Gasteiger partial charge in [-0.15, -0.1) is 5.10 Å². The zero-order valence-corrected chi connectivity index (χ0v) is 17.6. The number of hydrogen-bond acceptors (Lipinski definition) is 6. The lowest BCUT2D eigenvalue weighted by atomic mass is 10.2. The molecule has 0 saturated carbocycles. The second kappa shape index (κ2) is 9.04. The van der Waals surface area contributed by atoms with Gasteiger partial charge < -0.3 is 15.0 Å². The van der Waals surface area contributed by atoms with E-state index in [1.165, 1.54) is 29.2 Å². The normalized spacial score (nSPS) is 15.0. The molecule has 174 valence electrons. The van der Waals surface area contributed by atoms with Gasteiger partial charge in [0.1, 0.15) is 5.82 Å². The molecule has 1 N–H and O–H groups in total. The molecule has 8 nitrogen and oxygen atoms in total. The smallest absolute Gasteiger partial charge is 0.266 e. The van der Waals surface area contributed by atoms with Crippen molar-refractivity contribution in [2.24, 2.45) is 0 Å². The first-order valence-electron chi connectivity index (χ1n) is 10.0. The minimum absolute atomic E-state index is 0.00873. The second-order valence-electron chi connectivity index (χ2n) is 7.63. The summed E-state index contributed by atoms with van der Waals surface area (Å²) in [6.45, 7) is -0.161. The number of halogens is 4. The number of carbonyl (C=O) groups is 1. The van der Waals surface area contributed by atoms with Crippen molar-refractivity contribution in [3.8, 4) is 5.75 Å². The van der Waals surface area contributed by atoms with Crippen LogP contribution in [0.25, 0.3) is 0 Å². The van der Waals surface area contributed by atoms with E-state index < -0.39 is 23.3 Å². The third kappa shape index (κ3) is 5.38. The molecule has 0 unspecified atom stereocenters. The number of hydrogen-bond donors (Lipinski definition) is 1. The zero-order chi connectivity index (χ0) is 23.6. The van der Waals surface area contributed by atoms with Crippen LogP contribution in [0.1, 0.15) is 17.5 Å². The molecule has 1 aliphatic heterocycles. The molecule has 0 spiro atoms. The maximum atomic E-state index is 13.8. The van der Waals surface area contributed by atoms with Gasteiger partial charge in [-0.05, 0) is 29.3 Å². The van der Waals surface area contributed by atoms with Gasteiger partial charge in [-0.3, -0.25) is 4.79 Å². The molecule has 12 heteroatoms. The van der Waals surface area contributed by atoms with Gasteiger partial charge in [-0.1, -0.05) is 6.07 Å². The lowest BCUT2D eigenvalue weighted by Crippen LogP contribution is -2.25. The molecule has 1 saturated heterocycles. The largest absolute Gasteiger partial charge is 0.491 e. The average molecular weight is 464 g/mol. The predicted octanol–water partition coefficient (Wildman–Crippen LogP) is 3.03. The topological polar surface area (TPSA) is 85.2 Å². The van der Waals surface area contributed by atoms with Crippen LogP contribution in [-0.4, -0.2) is 52.0 Å². The Bertz CT molecular complexity index is 1130. The zero-order valence-electron chi connectivity index (χ0n) is 17.6. The maximum absolute atomic E-state index is 13.8. The minimum Gasteiger partial charge on any atom is -0.491 e. The summed E-state index contributed by atoms with van der Waals surface area (Å²) >= 11 is 0. The number of aromatic nitrogens is 4. The van der Waals surface area contributed by atoms with Gasteiger partial charge in [0, 0.05) is 19.2 Å². The SMILES string of the molecule is COc1c(F)cc(Cn2ncc(NC(=O)Cc3ccc(N4CCC(F)(F)C4)nc3)n2)cc1F. The second-order valence-corrected chi connectivity index (χ2v) is 7.63. The Morgan fingerprint density at radius 2 is 1.94 bits per heavy atom. The van der Waals surface area contributed by atoms with Crippen molar-refractivity contribution in [2.75, 3.05) is 30.4 Å². The molecule has 1 aromatic carbocycles. The highest BCUT2D eigenvalue weighted by atomic mass is 19.3. The molecule has 2 aromatic heterocycles. The standard InChI is InChI=1S/C21H20F4N6O2/c1-33-20-15(22)6-14(7-16(20)23)11-31-27-10-17(29-31)28-19(32)8-13-2-3-18(26-9-13)30-5-4-21(24,25)12-30/h2-3,6-7,9-10H,4-5,8,11-12H2,1H3,(H,28,29,32). The number of benzene rings is 1. The van der Waals surface area contributed by atoms with Gasteiger partial charge in [0.25, 0.3) is 5.92 Å². The van der Waals surface area contributed by atoms with Crippen molar-refractivity contribution in [1.29, 1.82) is 0 Å². The van der Waals surface area contributed by atoms with Crippen molar-refractivity contribution in [2.45, 2.75) is 25.3 Å². The van der Waals surface area contributed by atoms with Crippen LogP contribution in [-0.2, 0) is 17.8 Å². The summed E-state index contributed by atoms with van der Waals surface area (Å²) in [5.74, 6) is -4.65. The number of ether oxygens (including phenoxy) is 1. The van der Waals surface area contributed by atoms with Crippen LogP contribution in [0.2, 0.25) is 0 Å². The summed E-state index contributed by atoms with van der Waals surface area (Å²) in [6.07, 6.45) is 2.56. The van der Waals surface area contributed by atoms with Crippen LogP contribution >= 0.6 is 0 Å². The minimum atomic E-state index is -2.71. The van der Waals surface area contributed by atoms with Crippen LogP contribution in [0.3, 0.4) is 0 Å². The molecule has 1 fully saturated rings. The van der Waals surface area contributed by atoms with E-state index in [0.717, 1.165) is 12.1 Å². The fraction of sp³-hybridized carbons (Fsp3) is 0.333. The van der Waals surface area contributed by atoms with E-state index in [0.29, 0.717) is 11.4 Å². The molecule has 0 atom stereocenters. The number of alkyl halides is 2. The summed E-state index contributed by atoms with van der Waals surface area (Å²) in [6, 6.07) is 5.49. The Kier molecular flexibility index (Phi) is 6.16. The van der Waals surface area contributed by atoms with E-state index in [9.17, 15) is 22.4 Å². The molecular weight excluding hydrogens is 444 g/mol. The number of nitrogens with zero attached hydrogens (tertiary/aromatic N) is 5. The van der Waals surface area contributed by atoms with Crippen LogP contribution in [0.4, 0.5) is 29.2 Å². The molecular formula is C21H20F4N6O2. The lowest BCUT2D eigenvalue weighted by Gasteiger charge is -2.17. The van der Waals surface area contributed by atoms with E-state index >= 15 is 0 Å². The third-order valence-electron chi connectivity index (χ3n) is 5.06. The monoisotopic (exact) mass is 464 g/mol. The highest BCUT2D eigenvalue weighted by molar-refractivity contribution is 5.91. The third-order valence-corrected chi connectivity index (χ3v) is 5.06. The summed E-state index contributed by atoms with van der Waals surface area (Å²) in [7, 11) is 1.17. The van der Waals surface area contributed by atoms with Gasteiger partial charge in [-0.25, -0.2) is 22.5 Å². The van der Waals surface area contributed by atoms with Gasteiger partial charge in [-0.2, -0.15) is 9.90 Å². The number of rotatable bonds is 7. The van der Waals surface area contributed by atoms with E-state index in [-0.39, 0.29) is 49.8 Å². The maximum Gasteiger partial charge on any atom is 0.266 e. The molecule has 4 rings (SSSR count). The number of amides is 1. The van der Waals surface area contributed by atoms with Crippen molar-refractivity contribution in [3.63, 3.8) is 0 Å². The Morgan fingerprint density at radius 1 is 1.18 bits per heavy atom. The molecule has 0 aliphatic carbocycles. The fourth-order valence-electron chi connectivity index (χ4n) is 3.50. The molecule has 33 heavy (non-hydrogen) atoms. The van der Waals surface area contributed by atoms with Crippen molar-refractivity contribution in [1.82, 2.24) is 20.0 Å². The summed E-state index contributed by atoms with van der Waals surface area (Å²) in [5, 5.41) is 10.6. The van der Waals surface area contributed by atoms with Gasteiger partial charge in [0.05, 0.1) is 32.8 Å². The first kappa shape index (κ1) is 22.5. The van der Waals surface area contributed by atoms with Crippen molar-refractivity contribution < 1.29 is 27.1 Å². The first-order valence-corrected chi connectivity index (χ1v) is 10.0. The van der Waals surface area contributed by atoms with E-state index in [4.69, 9.17) is 0 Å². The van der Waals surface area contributed by atoms with E-state index in [1.807, 2.05) is 0 Å². The highest BCUT2D eigenvalue weighted by Gasteiger charge is 2.38. The average Bonchev–Trinajstić information content (AvgIpc) is 3.33. The highest BCUT2D eigenvalue weighted by Crippen LogP contribution is 2.29. The molecule has 0 radical (unpaired) electrons. The summed E-state index contributed by atoms with van der Waals surface area (Å²) < 4.78 is 59.0. The Labute approximate surface area is 186 Å². The van der Waals surface area contributed by atoms with Crippen LogP contribution < -0.4 is 15.0 Å². The molecule has 1 amide bonds. The van der Waals surface area contributed by atoms with Gasteiger partial charge in [0.15, 0.2) is 23.2 Å². The Hall–Kier alpha value is -3.70. The first-order chi connectivity index (χ1) is 15.7. The van der Waals surface area contributed by atoms with E-state index in [2.05, 4.69) is 25.2 Å². The Balaban J connectivity index is 1.32. The quantitative estimate of drug-likeness (QED) is 0.541. The fourth-order valence-corrected chi connectivity index (χ4v) is 3.50. The molecule has 3 heterocycles. The van der Waals surface area contributed by atoms with Crippen LogP contribution in [0, 0.1) is 11.6 Å². The number of nitrogens with one attached hydrogen (secondary N) is 1. The number of carbonyl (C=O) groups excluding carboxylic acids is 1. The van der Waals surface area contributed by atoms with Crippen molar-refractivity contribution >= 4 is 17.5 Å². The predicted molar refractivity (Wildman–Crippen MR) is 110 cm³/mol. The van der Waals surface area contributed by atoms with Crippen LogP contribution in [0.5, 0.6) is 5.75 Å². The lowest BCUT2D eigenvalue weighted by molar-refractivity contribution is -0.115. The van der Waals surface area contributed by atoms with E-state index in [1.54, 1.807) is 12.1 Å². The molecule has 3 aromatic rings. The molecule has 0 bridgehead atoms. The number of pyridine rings is 1. The number of methoxy groups -OCH3 is 1. The summed E-state index contributed by atoms with van der Waals surface area (Å²) in [5.41, 5.74) is 0.875. The number of anilines is 2.